The van der Waals surface area contributed by atoms with Gasteiger partial charge in [0, 0.05) is 23.7 Å². The van der Waals surface area contributed by atoms with E-state index in [2.05, 4.69) is 0 Å². The van der Waals surface area contributed by atoms with Gasteiger partial charge in [0.1, 0.15) is 5.75 Å². The van der Waals surface area contributed by atoms with E-state index in [1.807, 2.05) is 32.0 Å². The number of amides is 1. The SMILES string of the molecule is Cc1cc(C)cc(OC(=O)[C@@H]2CC(=O)N(c3cccc(Cl)c3)C2)c1. The van der Waals surface area contributed by atoms with Crippen LogP contribution in [0.3, 0.4) is 0 Å². The number of esters is 1. The number of nitrogens with zero attached hydrogens (tertiary/aromatic N) is 1. The topological polar surface area (TPSA) is 46.6 Å². The van der Waals surface area contributed by atoms with E-state index in [9.17, 15) is 9.59 Å². The molecule has 0 N–H and O–H groups in total. The Morgan fingerprint density at radius 2 is 1.88 bits per heavy atom. The van der Waals surface area contributed by atoms with E-state index in [0.717, 1.165) is 11.1 Å². The molecule has 5 heteroatoms. The maximum atomic E-state index is 12.4. The second-order valence-corrected chi connectivity index (χ2v) is 6.57. The molecule has 0 radical (unpaired) electrons. The highest BCUT2D eigenvalue weighted by Gasteiger charge is 2.36. The van der Waals surface area contributed by atoms with Crippen LogP contribution in [0, 0.1) is 19.8 Å². The second-order valence-electron chi connectivity index (χ2n) is 6.13. The fourth-order valence-electron chi connectivity index (χ4n) is 2.95. The van der Waals surface area contributed by atoms with Gasteiger partial charge in [-0.05, 0) is 55.3 Å². The highest BCUT2D eigenvalue weighted by atomic mass is 35.5. The lowest BCUT2D eigenvalue weighted by atomic mass is 10.1. The van der Waals surface area contributed by atoms with Crippen molar-refractivity contribution in [2.75, 3.05) is 11.4 Å². The molecule has 0 aromatic heterocycles. The van der Waals surface area contributed by atoms with Crippen molar-refractivity contribution in [3.8, 4) is 5.75 Å². The van der Waals surface area contributed by atoms with Gasteiger partial charge < -0.3 is 9.64 Å². The summed E-state index contributed by atoms with van der Waals surface area (Å²) in [6.07, 6.45) is 0.149. The molecule has 1 fully saturated rings. The Kier molecular flexibility index (Phi) is 4.58. The quantitative estimate of drug-likeness (QED) is 0.627. The third-order valence-corrected chi connectivity index (χ3v) is 4.23. The normalized spacial score (nSPS) is 17.2. The predicted octanol–water partition coefficient (Wildman–Crippen LogP) is 3.92. The lowest BCUT2D eigenvalue weighted by Crippen LogP contribution is -2.27. The van der Waals surface area contributed by atoms with Crippen LogP contribution in [-0.2, 0) is 9.59 Å². The molecule has 1 aliphatic rings. The van der Waals surface area contributed by atoms with Crippen LogP contribution >= 0.6 is 11.6 Å². The Hall–Kier alpha value is -2.33. The maximum Gasteiger partial charge on any atom is 0.316 e. The third-order valence-electron chi connectivity index (χ3n) is 3.99. The molecule has 1 heterocycles. The highest BCUT2D eigenvalue weighted by Crippen LogP contribution is 2.28. The van der Waals surface area contributed by atoms with Crippen molar-refractivity contribution < 1.29 is 14.3 Å². The van der Waals surface area contributed by atoms with Crippen molar-refractivity contribution in [1.82, 2.24) is 0 Å². The lowest BCUT2D eigenvalue weighted by Gasteiger charge is -2.16. The predicted molar refractivity (Wildman–Crippen MR) is 93.5 cm³/mol. The van der Waals surface area contributed by atoms with Crippen molar-refractivity contribution in [3.63, 3.8) is 0 Å². The van der Waals surface area contributed by atoms with Crippen LogP contribution in [0.1, 0.15) is 17.5 Å². The minimum Gasteiger partial charge on any atom is -0.426 e. The fraction of sp³-hybridized carbons (Fsp3) is 0.263. The highest BCUT2D eigenvalue weighted by molar-refractivity contribution is 6.30. The third kappa shape index (κ3) is 3.60. The summed E-state index contributed by atoms with van der Waals surface area (Å²) < 4.78 is 5.47. The summed E-state index contributed by atoms with van der Waals surface area (Å²) in [5.74, 6) is -0.430. The largest absolute Gasteiger partial charge is 0.426 e. The minimum atomic E-state index is -0.475. The number of carbonyl (C=O) groups is 2. The molecular weight excluding hydrogens is 326 g/mol. The first-order valence-electron chi connectivity index (χ1n) is 7.78. The first kappa shape index (κ1) is 16.5. The van der Waals surface area contributed by atoms with Crippen molar-refractivity contribution in [2.45, 2.75) is 20.3 Å². The maximum absolute atomic E-state index is 12.4. The molecule has 1 amide bonds. The van der Waals surface area contributed by atoms with Gasteiger partial charge in [0.25, 0.3) is 0 Å². The molecular formula is C19H18ClNO3. The Labute approximate surface area is 146 Å². The molecule has 2 aromatic carbocycles. The van der Waals surface area contributed by atoms with E-state index in [0.29, 0.717) is 23.0 Å². The molecule has 1 aliphatic heterocycles. The van der Waals surface area contributed by atoms with E-state index in [-0.39, 0.29) is 18.3 Å². The molecule has 4 nitrogen and oxygen atoms in total. The number of benzene rings is 2. The lowest BCUT2D eigenvalue weighted by molar-refractivity contribution is -0.139. The van der Waals surface area contributed by atoms with Crippen molar-refractivity contribution in [3.05, 3.63) is 58.6 Å². The number of ether oxygens (including phenoxy) is 1. The Balaban J connectivity index is 1.72. The summed E-state index contributed by atoms with van der Waals surface area (Å²) in [4.78, 5) is 26.2. The summed E-state index contributed by atoms with van der Waals surface area (Å²) >= 11 is 5.98. The average molecular weight is 344 g/mol. The van der Waals surface area contributed by atoms with Gasteiger partial charge in [-0.15, -0.1) is 0 Å². The Morgan fingerprint density at radius 1 is 1.17 bits per heavy atom. The zero-order valence-electron chi connectivity index (χ0n) is 13.6. The van der Waals surface area contributed by atoms with Crippen LogP contribution in [0.25, 0.3) is 0 Å². The molecule has 124 valence electrons. The number of halogens is 1. The molecule has 1 atom stereocenters. The summed E-state index contributed by atoms with van der Waals surface area (Å²) in [5.41, 5.74) is 2.76. The zero-order valence-corrected chi connectivity index (χ0v) is 14.3. The molecule has 0 saturated carbocycles. The van der Waals surface area contributed by atoms with E-state index in [1.165, 1.54) is 0 Å². The van der Waals surface area contributed by atoms with Crippen LogP contribution in [-0.4, -0.2) is 18.4 Å². The van der Waals surface area contributed by atoms with Crippen LogP contribution < -0.4 is 9.64 Å². The zero-order chi connectivity index (χ0) is 17.3. The number of aryl methyl sites for hydroxylation is 2. The standard InChI is InChI=1S/C19H18ClNO3/c1-12-6-13(2)8-17(7-12)24-19(23)14-9-18(22)21(11-14)16-5-3-4-15(20)10-16/h3-8,10,14H,9,11H2,1-2H3/t14-/m1/s1. The molecule has 24 heavy (non-hydrogen) atoms. The molecule has 0 bridgehead atoms. The van der Waals surface area contributed by atoms with Gasteiger partial charge in [0.05, 0.1) is 5.92 Å². The van der Waals surface area contributed by atoms with Crippen LogP contribution in [0.5, 0.6) is 5.75 Å². The second kappa shape index (κ2) is 6.65. The molecule has 0 spiro atoms. The number of hydrogen-bond donors (Lipinski definition) is 0. The van der Waals surface area contributed by atoms with E-state index < -0.39 is 5.92 Å². The van der Waals surface area contributed by atoms with Crippen LogP contribution in [0.15, 0.2) is 42.5 Å². The van der Waals surface area contributed by atoms with Gasteiger partial charge in [0.2, 0.25) is 5.91 Å². The minimum absolute atomic E-state index is 0.0976. The fourth-order valence-corrected chi connectivity index (χ4v) is 3.13. The van der Waals surface area contributed by atoms with Crippen molar-refractivity contribution in [2.24, 2.45) is 5.92 Å². The van der Waals surface area contributed by atoms with Crippen molar-refractivity contribution >= 4 is 29.2 Å². The van der Waals surface area contributed by atoms with E-state index in [1.54, 1.807) is 29.2 Å². The van der Waals surface area contributed by atoms with E-state index >= 15 is 0 Å². The average Bonchev–Trinajstić information content (AvgIpc) is 2.88. The first-order valence-corrected chi connectivity index (χ1v) is 8.16. The Morgan fingerprint density at radius 3 is 2.54 bits per heavy atom. The summed E-state index contributed by atoms with van der Waals surface area (Å²) in [6, 6.07) is 12.7. The number of rotatable bonds is 3. The molecule has 0 unspecified atom stereocenters. The van der Waals surface area contributed by atoms with Gasteiger partial charge in [0.15, 0.2) is 0 Å². The molecule has 2 aromatic rings. The molecule has 1 saturated heterocycles. The smallest absolute Gasteiger partial charge is 0.316 e. The van der Waals surface area contributed by atoms with Gasteiger partial charge in [-0.1, -0.05) is 23.7 Å². The van der Waals surface area contributed by atoms with Gasteiger partial charge in [-0.3, -0.25) is 9.59 Å². The number of anilines is 1. The van der Waals surface area contributed by atoms with Gasteiger partial charge >= 0.3 is 5.97 Å². The van der Waals surface area contributed by atoms with Crippen LogP contribution in [0.4, 0.5) is 5.69 Å². The van der Waals surface area contributed by atoms with Gasteiger partial charge in [-0.25, -0.2) is 0 Å². The van der Waals surface area contributed by atoms with Crippen LogP contribution in [0.2, 0.25) is 5.02 Å². The summed E-state index contributed by atoms with van der Waals surface area (Å²) in [6.45, 7) is 4.21. The summed E-state index contributed by atoms with van der Waals surface area (Å²) in [5, 5.41) is 0.557. The molecule has 0 aliphatic carbocycles. The van der Waals surface area contributed by atoms with E-state index in [4.69, 9.17) is 16.3 Å². The summed E-state index contributed by atoms with van der Waals surface area (Å²) in [7, 11) is 0. The monoisotopic (exact) mass is 343 g/mol. The first-order chi connectivity index (χ1) is 11.4. The Bertz CT molecular complexity index is 783. The number of hydrogen-bond acceptors (Lipinski definition) is 3. The van der Waals surface area contributed by atoms with Crippen molar-refractivity contribution in [1.29, 1.82) is 0 Å². The molecule has 3 rings (SSSR count). The number of carbonyl (C=O) groups excluding carboxylic acids is 2. The van der Waals surface area contributed by atoms with Gasteiger partial charge in [-0.2, -0.15) is 0 Å².